The molecule has 3 aromatic heterocycles. The zero-order valence-electron chi connectivity index (χ0n) is 19.6. The SMILES string of the molecule is Cc1cnc(C(C)(C)O)nc1-c1cc(-n2c(C)cc(OCC3(C)NC=CO3)c(Br)c2=O)ccn1. The Bertz CT molecular complexity index is 1320. The van der Waals surface area contributed by atoms with Crippen molar-refractivity contribution in [1.82, 2.24) is 24.8 Å². The first kappa shape index (κ1) is 23.9. The predicted molar refractivity (Wildman–Crippen MR) is 131 cm³/mol. The molecule has 0 aromatic carbocycles. The number of aliphatic hydroxyl groups is 1. The second-order valence-corrected chi connectivity index (χ2v) is 9.67. The lowest BCUT2D eigenvalue weighted by atomic mass is 10.1. The molecular weight excluding hydrogens is 502 g/mol. The van der Waals surface area contributed by atoms with E-state index in [4.69, 9.17) is 9.47 Å². The van der Waals surface area contributed by atoms with E-state index in [1.165, 1.54) is 0 Å². The van der Waals surface area contributed by atoms with Crippen molar-refractivity contribution >= 4 is 15.9 Å². The molecule has 0 amide bonds. The molecule has 0 radical (unpaired) electrons. The maximum absolute atomic E-state index is 13.3. The fraction of sp³-hybridized carbons (Fsp3) is 0.333. The number of halogens is 1. The van der Waals surface area contributed by atoms with Gasteiger partial charge in [0.1, 0.15) is 28.7 Å². The van der Waals surface area contributed by atoms with Crippen molar-refractivity contribution < 1.29 is 14.6 Å². The molecule has 9 nitrogen and oxygen atoms in total. The number of pyridine rings is 2. The molecule has 1 aliphatic heterocycles. The first-order valence-corrected chi connectivity index (χ1v) is 11.5. The summed E-state index contributed by atoms with van der Waals surface area (Å²) < 4.78 is 13.3. The van der Waals surface area contributed by atoms with Crippen LogP contribution in [0, 0.1) is 13.8 Å². The van der Waals surface area contributed by atoms with Gasteiger partial charge in [0, 0.05) is 30.4 Å². The molecule has 1 unspecified atom stereocenters. The van der Waals surface area contributed by atoms with Gasteiger partial charge >= 0.3 is 0 Å². The molecule has 4 heterocycles. The molecule has 1 atom stereocenters. The van der Waals surface area contributed by atoms with Gasteiger partial charge in [-0.05, 0) is 68.2 Å². The van der Waals surface area contributed by atoms with E-state index in [1.54, 1.807) is 61.5 Å². The quantitative estimate of drug-likeness (QED) is 0.501. The topological polar surface area (TPSA) is 111 Å². The van der Waals surface area contributed by atoms with Crippen LogP contribution in [-0.2, 0) is 10.3 Å². The normalized spacial score (nSPS) is 17.4. The molecule has 0 fully saturated rings. The Balaban J connectivity index is 1.71. The van der Waals surface area contributed by atoms with Gasteiger partial charge in [-0.2, -0.15) is 0 Å². The summed E-state index contributed by atoms with van der Waals surface area (Å²) in [5, 5.41) is 13.4. The first-order chi connectivity index (χ1) is 16.0. The Labute approximate surface area is 205 Å². The van der Waals surface area contributed by atoms with Gasteiger partial charge in [0.2, 0.25) is 5.72 Å². The summed E-state index contributed by atoms with van der Waals surface area (Å²) in [6.07, 6.45) is 6.54. The maximum atomic E-state index is 13.3. The third kappa shape index (κ3) is 4.69. The van der Waals surface area contributed by atoms with Gasteiger partial charge in [0.25, 0.3) is 5.56 Å². The van der Waals surface area contributed by atoms with E-state index < -0.39 is 11.3 Å². The molecule has 0 spiro atoms. The van der Waals surface area contributed by atoms with Crippen molar-refractivity contribution in [3.8, 4) is 22.8 Å². The number of nitrogens with one attached hydrogen (secondary N) is 1. The Kier molecular flexibility index (Phi) is 6.22. The highest BCUT2D eigenvalue weighted by Gasteiger charge is 2.28. The second kappa shape index (κ2) is 8.84. The van der Waals surface area contributed by atoms with Crippen LogP contribution in [0.3, 0.4) is 0 Å². The van der Waals surface area contributed by atoms with Crippen LogP contribution in [0.1, 0.15) is 37.9 Å². The predicted octanol–water partition coefficient (Wildman–Crippen LogP) is 3.48. The smallest absolute Gasteiger partial charge is 0.273 e. The maximum Gasteiger partial charge on any atom is 0.273 e. The van der Waals surface area contributed by atoms with Gasteiger partial charge in [0.05, 0.1) is 17.1 Å². The molecule has 2 N–H and O–H groups in total. The molecule has 0 saturated heterocycles. The molecule has 178 valence electrons. The fourth-order valence-corrected chi connectivity index (χ4v) is 3.92. The van der Waals surface area contributed by atoms with E-state index in [1.807, 2.05) is 20.8 Å². The third-order valence-corrected chi connectivity index (χ3v) is 6.08. The summed E-state index contributed by atoms with van der Waals surface area (Å²) in [4.78, 5) is 26.5. The van der Waals surface area contributed by atoms with Gasteiger partial charge in [0.15, 0.2) is 5.82 Å². The van der Waals surface area contributed by atoms with Crippen LogP contribution in [0.25, 0.3) is 17.1 Å². The molecule has 0 aliphatic carbocycles. The molecule has 4 rings (SSSR count). The monoisotopic (exact) mass is 527 g/mol. The third-order valence-electron chi connectivity index (χ3n) is 5.35. The fourth-order valence-electron chi connectivity index (χ4n) is 3.51. The number of aromatic nitrogens is 4. The molecule has 0 bridgehead atoms. The van der Waals surface area contributed by atoms with E-state index in [0.717, 1.165) is 5.56 Å². The van der Waals surface area contributed by atoms with Crippen molar-refractivity contribution in [2.45, 2.75) is 45.9 Å². The van der Waals surface area contributed by atoms with Gasteiger partial charge in [-0.1, -0.05) is 0 Å². The zero-order chi connectivity index (χ0) is 24.7. The van der Waals surface area contributed by atoms with E-state index >= 15 is 0 Å². The summed E-state index contributed by atoms with van der Waals surface area (Å²) in [6.45, 7) is 9.01. The second-order valence-electron chi connectivity index (χ2n) is 8.87. The van der Waals surface area contributed by atoms with Gasteiger partial charge in [-0.15, -0.1) is 0 Å². The Hall–Kier alpha value is -3.24. The lowest BCUT2D eigenvalue weighted by Crippen LogP contribution is -2.43. The largest absolute Gasteiger partial charge is 0.486 e. The minimum Gasteiger partial charge on any atom is -0.486 e. The van der Waals surface area contributed by atoms with E-state index in [0.29, 0.717) is 38.8 Å². The van der Waals surface area contributed by atoms with Crippen LogP contribution in [0.2, 0.25) is 0 Å². The average molecular weight is 528 g/mol. The van der Waals surface area contributed by atoms with Crippen LogP contribution in [0.15, 0.2) is 52.3 Å². The van der Waals surface area contributed by atoms with Crippen LogP contribution >= 0.6 is 15.9 Å². The van der Waals surface area contributed by atoms with Crippen molar-refractivity contribution in [3.05, 3.63) is 75.0 Å². The number of aryl methyl sites for hydroxylation is 2. The number of rotatable bonds is 6. The summed E-state index contributed by atoms with van der Waals surface area (Å²) in [6, 6.07) is 5.33. The van der Waals surface area contributed by atoms with Crippen LogP contribution < -0.4 is 15.6 Å². The highest BCUT2D eigenvalue weighted by Crippen LogP contribution is 2.28. The number of hydrogen-bond donors (Lipinski definition) is 2. The first-order valence-electron chi connectivity index (χ1n) is 10.7. The Morgan fingerprint density at radius 1 is 1.29 bits per heavy atom. The minimum absolute atomic E-state index is 0.206. The highest BCUT2D eigenvalue weighted by molar-refractivity contribution is 9.10. The molecular formula is C24H26BrN5O4. The van der Waals surface area contributed by atoms with E-state index in [2.05, 4.69) is 36.2 Å². The summed E-state index contributed by atoms with van der Waals surface area (Å²) >= 11 is 3.40. The van der Waals surface area contributed by atoms with Gasteiger partial charge in [-0.25, -0.2) is 9.97 Å². The number of hydrogen-bond acceptors (Lipinski definition) is 8. The van der Waals surface area contributed by atoms with E-state index in [9.17, 15) is 9.90 Å². The lowest BCUT2D eigenvalue weighted by Gasteiger charge is -2.25. The van der Waals surface area contributed by atoms with Crippen molar-refractivity contribution in [2.24, 2.45) is 0 Å². The van der Waals surface area contributed by atoms with Crippen LogP contribution in [0.5, 0.6) is 5.75 Å². The Morgan fingerprint density at radius 2 is 2.06 bits per heavy atom. The Morgan fingerprint density at radius 3 is 2.74 bits per heavy atom. The highest BCUT2D eigenvalue weighted by atomic mass is 79.9. The van der Waals surface area contributed by atoms with E-state index in [-0.39, 0.29) is 12.2 Å². The minimum atomic E-state index is -1.19. The standard InChI is InChI=1S/C24H26BrN5O4/c1-14-12-27-22(23(3,4)32)29-20(14)17-11-16(6-7-26-17)30-15(2)10-18(19(25)21(30)31)33-13-24(5)28-8-9-34-24/h6-12,28,32H,13H2,1-5H3. The summed E-state index contributed by atoms with van der Waals surface area (Å²) in [5.41, 5.74) is 1.10. The molecule has 3 aromatic rings. The number of nitrogens with zero attached hydrogens (tertiary/aromatic N) is 4. The number of ether oxygens (including phenoxy) is 2. The lowest BCUT2D eigenvalue weighted by molar-refractivity contribution is -0.00107. The van der Waals surface area contributed by atoms with Gasteiger partial charge in [-0.3, -0.25) is 14.3 Å². The molecule has 0 saturated carbocycles. The van der Waals surface area contributed by atoms with Crippen molar-refractivity contribution in [2.75, 3.05) is 6.61 Å². The summed E-state index contributed by atoms with van der Waals surface area (Å²) in [7, 11) is 0. The zero-order valence-corrected chi connectivity index (χ0v) is 21.2. The average Bonchev–Trinajstić information content (AvgIpc) is 3.22. The van der Waals surface area contributed by atoms with Gasteiger partial charge < -0.3 is 19.9 Å². The summed E-state index contributed by atoms with van der Waals surface area (Å²) in [5.74, 6) is 0.718. The van der Waals surface area contributed by atoms with Crippen LogP contribution in [-0.4, -0.2) is 37.0 Å². The van der Waals surface area contributed by atoms with Crippen molar-refractivity contribution in [3.63, 3.8) is 0 Å². The van der Waals surface area contributed by atoms with Crippen molar-refractivity contribution in [1.29, 1.82) is 0 Å². The van der Waals surface area contributed by atoms with Crippen LogP contribution in [0.4, 0.5) is 0 Å². The molecule has 1 aliphatic rings. The molecule has 34 heavy (non-hydrogen) atoms. The molecule has 10 heteroatoms.